The molecule has 0 aliphatic rings. The molecule has 5 heteroatoms. The number of rotatable bonds is 4. The molecular formula is C12H12FN3O. The highest BCUT2D eigenvalue weighted by atomic mass is 19.1. The number of ketones is 1. The first-order chi connectivity index (χ1) is 8.16. The predicted octanol–water partition coefficient (Wildman–Crippen LogP) is 1.77. The van der Waals surface area contributed by atoms with Crippen molar-refractivity contribution in [2.24, 2.45) is 7.05 Å². The molecule has 2 rings (SSSR count). The van der Waals surface area contributed by atoms with Gasteiger partial charge in [-0.25, -0.2) is 9.37 Å². The van der Waals surface area contributed by atoms with Gasteiger partial charge in [0.15, 0.2) is 5.78 Å². The summed E-state index contributed by atoms with van der Waals surface area (Å²) in [4.78, 5) is 19.5. The zero-order valence-corrected chi connectivity index (χ0v) is 9.43. The molecule has 0 aromatic carbocycles. The third-order valence-electron chi connectivity index (χ3n) is 2.52. The van der Waals surface area contributed by atoms with Gasteiger partial charge in [0.2, 0.25) is 0 Å². The van der Waals surface area contributed by atoms with E-state index in [0.717, 1.165) is 12.0 Å². The molecule has 2 aromatic rings. The van der Waals surface area contributed by atoms with E-state index in [9.17, 15) is 9.18 Å². The SMILES string of the molecule is Cn1ccnc1CCC(=O)c1cncc(F)c1. The summed E-state index contributed by atoms with van der Waals surface area (Å²) >= 11 is 0. The zero-order valence-electron chi connectivity index (χ0n) is 9.43. The first-order valence-corrected chi connectivity index (χ1v) is 5.27. The number of aromatic nitrogens is 3. The van der Waals surface area contributed by atoms with Gasteiger partial charge in [0.25, 0.3) is 0 Å². The molecule has 0 aliphatic carbocycles. The Morgan fingerprint density at radius 2 is 2.29 bits per heavy atom. The Bertz CT molecular complexity index is 536. The molecule has 0 spiro atoms. The van der Waals surface area contributed by atoms with Gasteiger partial charge in [-0.1, -0.05) is 0 Å². The van der Waals surface area contributed by atoms with Crippen LogP contribution in [0.2, 0.25) is 0 Å². The third-order valence-corrected chi connectivity index (χ3v) is 2.52. The van der Waals surface area contributed by atoms with Crippen LogP contribution in [0.25, 0.3) is 0 Å². The van der Waals surface area contributed by atoms with Crippen LogP contribution < -0.4 is 0 Å². The van der Waals surface area contributed by atoms with Gasteiger partial charge in [-0.05, 0) is 6.07 Å². The predicted molar refractivity (Wildman–Crippen MR) is 60.1 cm³/mol. The van der Waals surface area contributed by atoms with Crippen molar-refractivity contribution in [1.29, 1.82) is 0 Å². The third kappa shape index (κ3) is 2.75. The van der Waals surface area contributed by atoms with Crippen molar-refractivity contribution < 1.29 is 9.18 Å². The Morgan fingerprint density at radius 1 is 1.47 bits per heavy atom. The summed E-state index contributed by atoms with van der Waals surface area (Å²) in [6.07, 6.45) is 6.81. The van der Waals surface area contributed by atoms with Crippen LogP contribution >= 0.6 is 0 Å². The largest absolute Gasteiger partial charge is 0.338 e. The topological polar surface area (TPSA) is 47.8 Å². The summed E-state index contributed by atoms with van der Waals surface area (Å²) in [5.41, 5.74) is 0.305. The van der Waals surface area contributed by atoms with Crippen LogP contribution in [-0.4, -0.2) is 20.3 Å². The van der Waals surface area contributed by atoms with Crippen LogP contribution in [-0.2, 0) is 13.5 Å². The molecule has 17 heavy (non-hydrogen) atoms. The van der Waals surface area contributed by atoms with Crippen molar-refractivity contribution in [3.05, 3.63) is 48.1 Å². The second kappa shape index (κ2) is 4.86. The highest BCUT2D eigenvalue weighted by Crippen LogP contribution is 2.07. The molecule has 0 bridgehead atoms. The lowest BCUT2D eigenvalue weighted by molar-refractivity contribution is 0.0981. The Kier molecular flexibility index (Phi) is 3.27. The highest BCUT2D eigenvalue weighted by molar-refractivity contribution is 5.95. The van der Waals surface area contributed by atoms with Crippen LogP contribution in [0.1, 0.15) is 22.6 Å². The van der Waals surface area contributed by atoms with E-state index in [1.54, 1.807) is 6.20 Å². The molecule has 0 radical (unpaired) electrons. The number of Topliss-reactive ketones (excluding diaryl/α,β-unsaturated/α-hetero) is 1. The standard InChI is InChI=1S/C12H12FN3O/c1-16-5-4-15-12(16)3-2-11(17)9-6-10(13)8-14-7-9/h4-8H,2-3H2,1H3. The van der Waals surface area contributed by atoms with E-state index < -0.39 is 5.82 Å². The van der Waals surface area contributed by atoms with Gasteiger partial charge < -0.3 is 4.57 Å². The molecule has 88 valence electrons. The van der Waals surface area contributed by atoms with Crippen LogP contribution in [0.3, 0.4) is 0 Å². The summed E-state index contributed by atoms with van der Waals surface area (Å²) in [5, 5.41) is 0. The second-order valence-corrected chi connectivity index (χ2v) is 3.77. The molecule has 4 nitrogen and oxygen atoms in total. The van der Waals surface area contributed by atoms with E-state index in [2.05, 4.69) is 9.97 Å². The van der Waals surface area contributed by atoms with E-state index in [0.29, 0.717) is 18.4 Å². The minimum atomic E-state index is -0.493. The minimum absolute atomic E-state index is 0.125. The summed E-state index contributed by atoms with van der Waals surface area (Å²) in [6.45, 7) is 0. The van der Waals surface area contributed by atoms with Crippen molar-refractivity contribution in [2.75, 3.05) is 0 Å². The molecule has 0 atom stereocenters. The Morgan fingerprint density at radius 3 is 2.94 bits per heavy atom. The van der Waals surface area contributed by atoms with Crippen LogP contribution in [0, 0.1) is 5.82 Å². The maximum atomic E-state index is 12.9. The maximum absolute atomic E-state index is 12.9. The smallest absolute Gasteiger partial charge is 0.164 e. The lowest BCUT2D eigenvalue weighted by Crippen LogP contribution is -2.05. The number of halogens is 1. The Balaban J connectivity index is 2.01. The summed E-state index contributed by atoms with van der Waals surface area (Å²) < 4.78 is 14.7. The summed E-state index contributed by atoms with van der Waals surface area (Å²) in [6, 6.07) is 1.20. The van der Waals surface area contributed by atoms with Gasteiger partial charge >= 0.3 is 0 Å². The Labute approximate surface area is 98.1 Å². The van der Waals surface area contributed by atoms with E-state index >= 15 is 0 Å². The van der Waals surface area contributed by atoms with Crippen LogP contribution in [0.15, 0.2) is 30.9 Å². The fraction of sp³-hybridized carbons (Fsp3) is 0.250. The number of hydrogen-bond acceptors (Lipinski definition) is 3. The minimum Gasteiger partial charge on any atom is -0.338 e. The van der Waals surface area contributed by atoms with Crippen LogP contribution in [0.4, 0.5) is 4.39 Å². The van der Waals surface area contributed by atoms with Crippen molar-refractivity contribution in [3.8, 4) is 0 Å². The molecule has 0 saturated heterocycles. The van der Waals surface area contributed by atoms with Crippen molar-refractivity contribution in [1.82, 2.24) is 14.5 Å². The number of aryl methyl sites for hydroxylation is 2. The quantitative estimate of drug-likeness (QED) is 0.756. The Hall–Kier alpha value is -2.04. The van der Waals surface area contributed by atoms with Crippen molar-refractivity contribution in [3.63, 3.8) is 0 Å². The van der Waals surface area contributed by atoms with Gasteiger partial charge in [0, 0.05) is 44.0 Å². The van der Waals surface area contributed by atoms with E-state index in [1.165, 1.54) is 12.3 Å². The zero-order chi connectivity index (χ0) is 12.3. The fourth-order valence-electron chi connectivity index (χ4n) is 1.57. The number of nitrogens with zero attached hydrogens (tertiary/aromatic N) is 3. The number of hydrogen-bond donors (Lipinski definition) is 0. The van der Waals surface area contributed by atoms with Crippen molar-refractivity contribution >= 4 is 5.78 Å². The fourth-order valence-corrected chi connectivity index (χ4v) is 1.57. The van der Waals surface area contributed by atoms with Gasteiger partial charge in [0.1, 0.15) is 11.6 Å². The molecular weight excluding hydrogens is 221 g/mol. The number of imidazole rings is 1. The number of carbonyl (C=O) groups excluding carboxylic acids is 1. The average Bonchev–Trinajstić information content (AvgIpc) is 2.72. The van der Waals surface area contributed by atoms with Gasteiger partial charge in [-0.2, -0.15) is 0 Å². The summed E-state index contributed by atoms with van der Waals surface area (Å²) in [5.74, 6) is 0.218. The monoisotopic (exact) mass is 233 g/mol. The molecule has 0 amide bonds. The molecule has 2 heterocycles. The normalized spacial score (nSPS) is 10.5. The number of pyridine rings is 1. The first kappa shape index (κ1) is 11.4. The molecule has 0 unspecified atom stereocenters. The summed E-state index contributed by atoms with van der Waals surface area (Å²) in [7, 11) is 1.87. The highest BCUT2D eigenvalue weighted by Gasteiger charge is 2.09. The lowest BCUT2D eigenvalue weighted by atomic mass is 10.1. The molecule has 0 N–H and O–H groups in total. The van der Waals surface area contributed by atoms with E-state index in [1.807, 2.05) is 17.8 Å². The molecule has 0 fully saturated rings. The van der Waals surface area contributed by atoms with Crippen LogP contribution in [0.5, 0.6) is 0 Å². The lowest BCUT2D eigenvalue weighted by Gasteiger charge is -2.01. The second-order valence-electron chi connectivity index (χ2n) is 3.77. The molecule has 2 aromatic heterocycles. The van der Waals surface area contributed by atoms with E-state index in [4.69, 9.17) is 0 Å². The maximum Gasteiger partial charge on any atom is 0.164 e. The van der Waals surface area contributed by atoms with Gasteiger partial charge in [-0.3, -0.25) is 9.78 Å². The first-order valence-electron chi connectivity index (χ1n) is 5.27. The van der Waals surface area contributed by atoms with E-state index in [-0.39, 0.29) is 5.78 Å². The van der Waals surface area contributed by atoms with Gasteiger partial charge in [-0.15, -0.1) is 0 Å². The van der Waals surface area contributed by atoms with Gasteiger partial charge in [0.05, 0.1) is 6.20 Å². The molecule has 0 aliphatic heterocycles. The molecule has 0 saturated carbocycles. The average molecular weight is 233 g/mol. The number of carbonyl (C=O) groups is 1. The van der Waals surface area contributed by atoms with Crippen molar-refractivity contribution in [2.45, 2.75) is 12.8 Å².